The van der Waals surface area contributed by atoms with Crippen LogP contribution in [-0.2, 0) is 0 Å². The Labute approximate surface area is 235 Å². The summed E-state index contributed by atoms with van der Waals surface area (Å²) in [5.41, 5.74) is 0. The van der Waals surface area contributed by atoms with Crippen molar-refractivity contribution in [2.24, 2.45) is 0 Å². The van der Waals surface area contributed by atoms with Crippen molar-refractivity contribution in [2.45, 2.75) is 104 Å². The summed E-state index contributed by atoms with van der Waals surface area (Å²) < 4.78 is 0. The van der Waals surface area contributed by atoms with Crippen molar-refractivity contribution in [1.82, 2.24) is 0 Å². The van der Waals surface area contributed by atoms with Gasteiger partial charge in [0.1, 0.15) is 0 Å². The molecule has 1 atom stereocenters. The summed E-state index contributed by atoms with van der Waals surface area (Å²) in [6, 6.07) is 18.5. The fourth-order valence-electron chi connectivity index (χ4n) is 4.65. The minimum absolute atomic E-state index is 0.603. The Bertz CT molecular complexity index is 1170. The first kappa shape index (κ1) is 27.8. The predicted molar refractivity (Wildman–Crippen MR) is 169 cm³/mol. The zero-order chi connectivity index (χ0) is 25.3. The average Bonchev–Trinajstić information content (AvgIpc) is 3.68. The van der Waals surface area contributed by atoms with E-state index in [4.69, 9.17) is 0 Å². The highest BCUT2D eigenvalue weighted by molar-refractivity contribution is 7.28. The zero-order valence-corrected chi connectivity index (χ0v) is 25.7. The summed E-state index contributed by atoms with van der Waals surface area (Å²) in [5, 5.41) is 0. The molecule has 4 heterocycles. The lowest BCUT2D eigenvalue weighted by Crippen LogP contribution is -1.90. The average molecular weight is 555 g/mol. The van der Waals surface area contributed by atoms with E-state index in [9.17, 15) is 0 Å². The van der Waals surface area contributed by atoms with Gasteiger partial charge in [0.05, 0.1) is 0 Å². The third-order valence-electron chi connectivity index (χ3n) is 6.99. The van der Waals surface area contributed by atoms with Crippen LogP contribution in [-0.4, -0.2) is 0 Å². The van der Waals surface area contributed by atoms with E-state index in [-0.39, 0.29) is 0 Å². The molecule has 0 amide bonds. The Morgan fingerprint density at radius 2 is 0.861 bits per heavy atom. The van der Waals surface area contributed by atoms with Crippen LogP contribution >= 0.6 is 45.3 Å². The van der Waals surface area contributed by atoms with E-state index in [1.807, 2.05) is 45.3 Å². The van der Waals surface area contributed by atoms with Crippen LogP contribution in [0.3, 0.4) is 0 Å². The lowest BCUT2D eigenvalue weighted by atomic mass is 10.00. The molecule has 4 heteroatoms. The van der Waals surface area contributed by atoms with Crippen molar-refractivity contribution in [2.75, 3.05) is 0 Å². The molecule has 4 rings (SSSR count). The summed E-state index contributed by atoms with van der Waals surface area (Å²) in [6.45, 7) is 9.26. The Hall–Kier alpha value is -1.20. The first-order valence-corrected chi connectivity index (χ1v) is 17.2. The second-order valence-corrected chi connectivity index (χ2v) is 14.8. The monoisotopic (exact) mass is 554 g/mol. The Balaban J connectivity index is 1.27. The second kappa shape index (κ2) is 14.1. The molecule has 194 valence electrons. The van der Waals surface area contributed by atoms with Gasteiger partial charge in [-0.2, -0.15) is 0 Å². The molecule has 0 aliphatic rings. The fraction of sp³-hybridized carbons (Fsp3) is 0.500. The van der Waals surface area contributed by atoms with Crippen molar-refractivity contribution >= 4 is 45.3 Å². The van der Waals surface area contributed by atoms with Crippen LogP contribution in [0.15, 0.2) is 48.5 Å². The van der Waals surface area contributed by atoms with Crippen LogP contribution in [0.4, 0.5) is 0 Å². The van der Waals surface area contributed by atoms with Gasteiger partial charge in [0.2, 0.25) is 0 Å². The molecule has 0 bridgehead atoms. The van der Waals surface area contributed by atoms with Crippen LogP contribution in [0, 0.1) is 0 Å². The first-order chi connectivity index (χ1) is 17.5. The molecule has 0 nitrogen and oxygen atoms in total. The van der Waals surface area contributed by atoms with Crippen LogP contribution in [0.5, 0.6) is 0 Å². The smallest absolute Gasteiger partial charge is 0.0449 e. The Morgan fingerprint density at radius 1 is 0.472 bits per heavy atom. The van der Waals surface area contributed by atoms with Gasteiger partial charge in [-0.3, -0.25) is 0 Å². The summed E-state index contributed by atoms with van der Waals surface area (Å²) in [7, 11) is 0. The van der Waals surface area contributed by atoms with E-state index in [0.29, 0.717) is 11.8 Å². The molecule has 0 aliphatic carbocycles. The van der Waals surface area contributed by atoms with Crippen LogP contribution < -0.4 is 0 Å². The quantitative estimate of drug-likeness (QED) is 0.128. The summed E-state index contributed by atoms with van der Waals surface area (Å²) >= 11 is 7.81. The summed E-state index contributed by atoms with van der Waals surface area (Å²) in [6.07, 6.45) is 14.0. The van der Waals surface area contributed by atoms with Gasteiger partial charge in [-0.05, 0) is 66.8 Å². The molecule has 0 aliphatic heterocycles. The van der Waals surface area contributed by atoms with Gasteiger partial charge in [0.15, 0.2) is 0 Å². The highest BCUT2D eigenvalue weighted by atomic mass is 32.1. The van der Waals surface area contributed by atoms with Gasteiger partial charge >= 0.3 is 0 Å². The lowest BCUT2D eigenvalue weighted by molar-refractivity contribution is 0.540. The molecule has 0 N–H and O–H groups in total. The van der Waals surface area contributed by atoms with Crippen molar-refractivity contribution in [3.63, 3.8) is 0 Å². The van der Waals surface area contributed by atoms with Crippen molar-refractivity contribution in [3.8, 4) is 29.3 Å². The van der Waals surface area contributed by atoms with Crippen molar-refractivity contribution < 1.29 is 0 Å². The Kier molecular flexibility index (Phi) is 10.9. The molecule has 0 saturated heterocycles. The van der Waals surface area contributed by atoms with Gasteiger partial charge in [0.25, 0.3) is 0 Å². The molecule has 0 aromatic carbocycles. The SMILES string of the molecule is CCCCCCCCCCCC(C)c1ccc(-c2ccc(-c3ccc(-c4ccc(C(C)C)s4)s3)s2)s1. The third-order valence-corrected chi connectivity index (χ3v) is 12.4. The summed E-state index contributed by atoms with van der Waals surface area (Å²) in [5.74, 6) is 1.28. The molecule has 0 saturated carbocycles. The molecule has 0 radical (unpaired) electrons. The fourth-order valence-corrected chi connectivity index (χ4v) is 9.04. The number of hydrogen-bond donors (Lipinski definition) is 0. The van der Waals surface area contributed by atoms with Crippen LogP contribution in [0.1, 0.15) is 113 Å². The van der Waals surface area contributed by atoms with Gasteiger partial charge in [-0.15, -0.1) is 45.3 Å². The van der Waals surface area contributed by atoms with Crippen molar-refractivity contribution in [3.05, 3.63) is 58.3 Å². The van der Waals surface area contributed by atoms with E-state index in [1.54, 1.807) is 4.88 Å². The van der Waals surface area contributed by atoms with E-state index in [2.05, 4.69) is 76.2 Å². The maximum atomic E-state index is 2.42. The number of unbranched alkanes of at least 4 members (excludes halogenated alkanes) is 8. The van der Waals surface area contributed by atoms with Crippen LogP contribution in [0.2, 0.25) is 0 Å². The van der Waals surface area contributed by atoms with E-state index in [1.165, 1.54) is 98.3 Å². The molecule has 1 unspecified atom stereocenters. The van der Waals surface area contributed by atoms with E-state index < -0.39 is 0 Å². The highest BCUT2D eigenvalue weighted by Crippen LogP contribution is 2.44. The molecular weight excluding hydrogens is 513 g/mol. The number of rotatable bonds is 15. The predicted octanol–water partition coefficient (Wildman–Crippen LogP) is 13.1. The third kappa shape index (κ3) is 7.66. The van der Waals surface area contributed by atoms with E-state index in [0.717, 1.165) is 0 Å². The molecule has 4 aromatic rings. The molecule has 0 fully saturated rings. The van der Waals surface area contributed by atoms with Gasteiger partial charge in [-0.25, -0.2) is 0 Å². The van der Waals surface area contributed by atoms with Crippen molar-refractivity contribution in [1.29, 1.82) is 0 Å². The minimum atomic E-state index is 0.603. The molecule has 4 aromatic heterocycles. The molecule has 36 heavy (non-hydrogen) atoms. The standard InChI is InChI=1S/C32H42S4/c1-5-6-7-8-9-10-11-12-13-14-24(4)26-16-18-28(34-26)30-20-22-32(36-30)31-21-19-29(35-31)27-17-15-25(33-27)23(2)3/h15-24H,5-14H2,1-4H3. The van der Waals surface area contributed by atoms with Gasteiger partial charge in [-0.1, -0.05) is 85.5 Å². The van der Waals surface area contributed by atoms with Gasteiger partial charge in [0, 0.05) is 39.0 Å². The topological polar surface area (TPSA) is 0 Å². The van der Waals surface area contributed by atoms with Gasteiger partial charge < -0.3 is 0 Å². The summed E-state index contributed by atoms with van der Waals surface area (Å²) in [4.78, 5) is 11.4. The number of hydrogen-bond acceptors (Lipinski definition) is 4. The molecular formula is C32H42S4. The largest absolute Gasteiger partial charge is 0.139 e. The Morgan fingerprint density at radius 3 is 1.33 bits per heavy atom. The lowest BCUT2D eigenvalue weighted by Gasteiger charge is -2.09. The highest BCUT2D eigenvalue weighted by Gasteiger charge is 2.14. The minimum Gasteiger partial charge on any atom is -0.139 e. The number of thiophene rings is 4. The van der Waals surface area contributed by atoms with E-state index >= 15 is 0 Å². The molecule has 0 spiro atoms. The second-order valence-electron chi connectivity index (χ2n) is 10.4. The first-order valence-electron chi connectivity index (χ1n) is 14.0. The zero-order valence-electron chi connectivity index (χ0n) is 22.5. The maximum absolute atomic E-state index is 2.42. The maximum Gasteiger partial charge on any atom is 0.0449 e. The normalized spacial score (nSPS) is 12.6. The van der Waals surface area contributed by atoms with Crippen LogP contribution in [0.25, 0.3) is 29.3 Å².